The van der Waals surface area contributed by atoms with Crippen molar-refractivity contribution in [1.29, 1.82) is 0 Å². The summed E-state index contributed by atoms with van der Waals surface area (Å²) >= 11 is 0. The van der Waals surface area contributed by atoms with Crippen LogP contribution >= 0.6 is 0 Å². The van der Waals surface area contributed by atoms with E-state index in [0.717, 1.165) is 17.9 Å². The minimum absolute atomic E-state index is 0.223. The number of nitrogens with one attached hydrogen (secondary N) is 1. The molecule has 0 aromatic heterocycles. The topological polar surface area (TPSA) is 50.7 Å². The third-order valence-electron chi connectivity index (χ3n) is 3.24. The van der Waals surface area contributed by atoms with E-state index in [9.17, 15) is 4.79 Å². The van der Waals surface area contributed by atoms with E-state index in [1.165, 1.54) is 5.56 Å². The number of carbonyl (C=O) groups excluding carboxylic acids is 1. The van der Waals surface area contributed by atoms with Gasteiger partial charge in [-0.15, -0.1) is 0 Å². The molecule has 0 radical (unpaired) electrons. The molecule has 2 aromatic rings. The monoisotopic (exact) mass is 310 g/mol. The molecule has 4 heteroatoms. The van der Waals surface area contributed by atoms with Crippen molar-refractivity contribution in [2.45, 2.75) is 26.7 Å². The quantitative estimate of drug-likeness (QED) is 0.624. The first-order valence-corrected chi connectivity index (χ1v) is 7.79. The van der Waals surface area contributed by atoms with Gasteiger partial charge in [0.15, 0.2) is 0 Å². The Labute approximate surface area is 137 Å². The van der Waals surface area contributed by atoms with Gasteiger partial charge >= 0.3 is 0 Å². The maximum Gasteiger partial charge on any atom is 0.271 e. The summed E-state index contributed by atoms with van der Waals surface area (Å²) in [5.41, 5.74) is 5.17. The zero-order valence-electron chi connectivity index (χ0n) is 13.6. The van der Waals surface area contributed by atoms with Gasteiger partial charge in [0.1, 0.15) is 5.75 Å². The van der Waals surface area contributed by atoms with E-state index in [-0.39, 0.29) is 5.91 Å². The summed E-state index contributed by atoms with van der Waals surface area (Å²) in [7, 11) is 0. The van der Waals surface area contributed by atoms with E-state index in [0.29, 0.717) is 18.6 Å². The van der Waals surface area contributed by atoms with Gasteiger partial charge in [-0.1, -0.05) is 37.3 Å². The lowest BCUT2D eigenvalue weighted by Crippen LogP contribution is -2.19. The minimum Gasteiger partial charge on any atom is -0.494 e. The molecule has 4 nitrogen and oxygen atoms in total. The Balaban J connectivity index is 1.89. The molecular formula is C19H22N2O2. The fraction of sp³-hybridized carbons (Fsp3) is 0.263. The lowest BCUT2D eigenvalue weighted by atomic mass is 10.1. The Bertz CT molecular complexity index is 649. The van der Waals surface area contributed by atoms with Gasteiger partial charge in [-0.25, -0.2) is 5.43 Å². The van der Waals surface area contributed by atoms with Crippen LogP contribution in [-0.4, -0.2) is 18.2 Å². The molecule has 1 amide bonds. The van der Waals surface area contributed by atoms with Gasteiger partial charge < -0.3 is 4.74 Å². The molecule has 0 atom stereocenters. The molecule has 120 valence electrons. The molecule has 0 saturated heterocycles. The second-order valence-electron chi connectivity index (χ2n) is 5.32. The predicted molar refractivity (Wildman–Crippen MR) is 92.9 cm³/mol. The van der Waals surface area contributed by atoms with Crippen LogP contribution < -0.4 is 10.2 Å². The van der Waals surface area contributed by atoms with Gasteiger partial charge in [-0.2, -0.15) is 5.10 Å². The molecular weight excluding hydrogens is 288 g/mol. The van der Waals surface area contributed by atoms with Crippen LogP contribution in [0.5, 0.6) is 5.75 Å². The average Bonchev–Trinajstić information content (AvgIpc) is 2.59. The molecule has 0 fully saturated rings. The van der Waals surface area contributed by atoms with Crippen molar-refractivity contribution in [3.8, 4) is 5.75 Å². The number of ether oxygens (including phenoxy) is 1. The highest BCUT2D eigenvalue weighted by Gasteiger charge is 2.05. The number of rotatable bonds is 7. The third-order valence-corrected chi connectivity index (χ3v) is 3.24. The van der Waals surface area contributed by atoms with E-state index >= 15 is 0 Å². The number of amides is 1. The Morgan fingerprint density at radius 1 is 1.09 bits per heavy atom. The van der Waals surface area contributed by atoms with Crippen LogP contribution in [-0.2, 0) is 6.42 Å². The van der Waals surface area contributed by atoms with Crippen LogP contribution in [0.3, 0.4) is 0 Å². The first-order valence-electron chi connectivity index (χ1n) is 7.79. The van der Waals surface area contributed by atoms with Crippen LogP contribution in [0.2, 0.25) is 0 Å². The highest BCUT2D eigenvalue weighted by atomic mass is 16.5. The molecule has 0 bridgehead atoms. The number of carbonyl (C=O) groups is 1. The number of hydrazone groups is 1. The van der Waals surface area contributed by atoms with Crippen LogP contribution in [0.25, 0.3) is 0 Å². The van der Waals surface area contributed by atoms with E-state index in [2.05, 4.69) is 17.5 Å². The van der Waals surface area contributed by atoms with Gasteiger partial charge in [-0.3, -0.25) is 4.79 Å². The fourth-order valence-corrected chi connectivity index (χ4v) is 2.06. The number of nitrogens with zero attached hydrogens (tertiary/aromatic N) is 1. The summed E-state index contributed by atoms with van der Waals surface area (Å²) < 4.78 is 5.50. The molecule has 0 saturated carbocycles. The first kappa shape index (κ1) is 16.7. The molecule has 0 aliphatic carbocycles. The maximum atomic E-state index is 12.1. The van der Waals surface area contributed by atoms with Crippen molar-refractivity contribution in [2.24, 2.45) is 5.10 Å². The van der Waals surface area contributed by atoms with Gasteiger partial charge in [0.2, 0.25) is 0 Å². The lowest BCUT2D eigenvalue weighted by molar-refractivity contribution is 0.0954. The zero-order chi connectivity index (χ0) is 16.5. The maximum absolute atomic E-state index is 12.1. The predicted octanol–water partition coefficient (Wildman–Crippen LogP) is 3.82. The fourth-order valence-electron chi connectivity index (χ4n) is 2.06. The van der Waals surface area contributed by atoms with Crippen molar-refractivity contribution in [1.82, 2.24) is 5.43 Å². The highest BCUT2D eigenvalue weighted by Crippen LogP contribution is 2.12. The molecule has 2 rings (SSSR count). The number of benzene rings is 2. The van der Waals surface area contributed by atoms with Gasteiger partial charge in [0.05, 0.1) is 6.61 Å². The molecule has 0 aliphatic rings. The standard InChI is InChI=1S/C19H22N2O2/c1-3-13-23-18-11-9-17(10-12-18)19(22)21-20-15(2)14-16-7-5-4-6-8-16/h4-12H,3,13-14H2,1-2H3,(H,21,22)/b20-15+. The molecule has 2 aromatic carbocycles. The van der Waals surface area contributed by atoms with Crippen LogP contribution in [0, 0.1) is 0 Å². The van der Waals surface area contributed by atoms with Crippen molar-refractivity contribution in [3.63, 3.8) is 0 Å². The Morgan fingerprint density at radius 3 is 2.43 bits per heavy atom. The summed E-state index contributed by atoms with van der Waals surface area (Å²) in [6.45, 7) is 4.63. The van der Waals surface area contributed by atoms with Crippen molar-refractivity contribution in [2.75, 3.05) is 6.61 Å². The number of hydrogen-bond donors (Lipinski definition) is 1. The normalized spacial score (nSPS) is 11.1. The molecule has 0 heterocycles. The van der Waals surface area contributed by atoms with E-state index in [4.69, 9.17) is 4.74 Å². The van der Waals surface area contributed by atoms with Crippen molar-refractivity contribution in [3.05, 3.63) is 65.7 Å². The third kappa shape index (κ3) is 5.58. The first-order chi connectivity index (χ1) is 11.2. The van der Waals surface area contributed by atoms with Crippen molar-refractivity contribution >= 4 is 11.6 Å². The summed E-state index contributed by atoms with van der Waals surface area (Å²) in [5.74, 6) is 0.548. The molecule has 0 spiro atoms. The van der Waals surface area contributed by atoms with Crippen molar-refractivity contribution < 1.29 is 9.53 Å². The molecule has 1 N–H and O–H groups in total. The summed E-state index contributed by atoms with van der Waals surface area (Å²) in [6, 6.07) is 17.1. The Hall–Kier alpha value is -2.62. The van der Waals surface area contributed by atoms with Gasteiger partial charge in [0, 0.05) is 17.7 Å². The minimum atomic E-state index is -0.223. The Morgan fingerprint density at radius 2 is 1.78 bits per heavy atom. The second kappa shape index (κ2) is 8.73. The SMILES string of the molecule is CCCOc1ccc(C(=O)N/N=C(\C)Cc2ccccc2)cc1. The van der Waals surface area contributed by atoms with Gasteiger partial charge in [0.25, 0.3) is 5.91 Å². The highest BCUT2D eigenvalue weighted by molar-refractivity contribution is 5.95. The summed E-state index contributed by atoms with van der Waals surface area (Å²) in [5, 5.41) is 4.15. The van der Waals surface area contributed by atoms with E-state index in [1.807, 2.05) is 37.3 Å². The summed E-state index contributed by atoms with van der Waals surface area (Å²) in [6.07, 6.45) is 1.67. The van der Waals surface area contributed by atoms with Gasteiger partial charge in [-0.05, 0) is 43.2 Å². The summed E-state index contributed by atoms with van der Waals surface area (Å²) in [4.78, 5) is 12.1. The molecule has 0 aliphatic heterocycles. The smallest absolute Gasteiger partial charge is 0.271 e. The molecule has 23 heavy (non-hydrogen) atoms. The Kier molecular flexibility index (Phi) is 6.36. The number of hydrogen-bond acceptors (Lipinski definition) is 3. The van der Waals surface area contributed by atoms with Crippen LogP contribution in [0.15, 0.2) is 59.7 Å². The zero-order valence-corrected chi connectivity index (χ0v) is 13.6. The lowest BCUT2D eigenvalue weighted by Gasteiger charge is -2.06. The van der Waals surface area contributed by atoms with E-state index in [1.54, 1.807) is 24.3 Å². The van der Waals surface area contributed by atoms with E-state index < -0.39 is 0 Å². The average molecular weight is 310 g/mol. The largest absolute Gasteiger partial charge is 0.494 e. The second-order valence-corrected chi connectivity index (χ2v) is 5.32. The van der Waals surface area contributed by atoms with Crippen LogP contribution in [0.4, 0.5) is 0 Å². The molecule has 0 unspecified atom stereocenters. The van der Waals surface area contributed by atoms with Crippen LogP contribution in [0.1, 0.15) is 36.2 Å².